The van der Waals surface area contributed by atoms with Crippen molar-refractivity contribution in [1.82, 2.24) is 19.9 Å². The Kier molecular flexibility index (Phi) is 5.38. The number of nitrogens with one attached hydrogen (secondary N) is 1. The molecule has 1 fully saturated rings. The summed E-state index contributed by atoms with van der Waals surface area (Å²) in [6.07, 6.45) is 6.14. The summed E-state index contributed by atoms with van der Waals surface area (Å²) in [5.74, 6) is 2.44. The van der Waals surface area contributed by atoms with Crippen molar-refractivity contribution in [2.24, 2.45) is 0 Å². The molecule has 0 radical (unpaired) electrons. The second-order valence-corrected chi connectivity index (χ2v) is 8.31. The smallest absolute Gasteiger partial charge is 0.129 e. The fourth-order valence-corrected chi connectivity index (χ4v) is 4.70. The third-order valence-electron chi connectivity index (χ3n) is 4.74. The number of H-pyrrole nitrogens is 1. The monoisotopic (exact) mass is 432 g/mol. The summed E-state index contributed by atoms with van der Waals surface area (Å²) in [5.41, 5.74) is 2.15. The van der Waals surface area contributed by atoms with Crippen molar-refractivity contribution in [2.45, 2.75) is 25.3 Å². The van der Waals surface area contributed by atoms with Crippen LogP contribution in [0.25, 0.3) is 10.6 Å². The fraction of sp³-hybridized carbons (Fsp3) is 0.368. The van der Waals surface area contributed by atoms with Gasteiger partial charge in [-0.1, -0.05) is 15.9 Å². The molecule has 1 atom stereocenters. The molecule has 1 aliphatic heterocycles. The summed E-state index contributed by atoms with van der Waals surface area (Å²) in [7, 11) is 1.70. The molecule has 0 saturated carbocycles. The van der Waals surface area contributed by atoms with E-state index in [1.807, 2.05) is 24.5 Å². The number of ether oxygens (including phenoxy) is 1. The number of rotatable bonds is 5. The molecule has 5 nitrogen and oxygen atoms in total. The number of imidazole rings is 1. The molecule has 3 aromatic rings. The summed E-state index contributed by atoms with van der Waals surface area (Å²) >= 11 is 5.21. The molecule has 2 aromatic heterocycles. The largest absolute Gasteiger partial charge is 0.496 e. The topological polar surface area (TPSA) is 54.0 Å². The number of aromatic nitrogens is 3. The Balaban J connectivity index is 1.48. The van der Waals surface area contributed by atoms with Crippen molar-refractivity contribution < 1.29 is 4.74 Å². The number of hydrogen-bond acceptors (Lipinski definition) is 5. The molecule has 1 saturated heterocycles. The minimum absolute atomic E-state index is 0.488. The van der Waals surface area contributed by atoms with Gasteiger partial charge < -0.3 is 9.72 Å². The molecule has 136 valence electrons. The van der Waals surface area contributed by atoms with Crippen molar-refractivity contribution in [1.29, 1.82) is 0 Å². The molecule has 1 aliphatic rings. The number of hydrogen-bond donors (Lipinski definition) is 1. The van der Waals surface area contributed by atoms with Gasteiger partial charge in [0.25, 0.3) is 0 Å². The molecule has 0 unspecified atom stereocenters. The normalized spacial score (nSPS) is 18.2. The summed E-state index contributed by atoms with van der Waals surface area (Å²) in [4.78, 5) is 15.0. The Labute approximate surface area is 165 Å². The quantitative estimate of drug-likeness (QED) is 0.635. The maximum absolute atomic E-state index is 5.49. The van der Waals surface area contributed by atoms with E-state index >= 15 is 0 Å². The zero-order valence-corrected chi connectivity index (χ0v) is 17.0. The van der Waals surface area contributed by atoms with Crippen LogP contribution in [0.3, 0.4) is 0 Å². The van der Waals surface area contributed by atoms with Crippen LogP contribution in [0.4, 0.5) is 0 Å². The third-order valence-corrected chi connectivity index (χ3v) is 6.16. The number of methoxy groups -OCH3 is 1. The van der Waals surface area contributed by atoms with Gasteiger partial charge in [0.1, 0.15) is 16.6 Å². The molecule has 0 amide bonds. The number of nitrogens with zero attached hydrogens (tertiary/aromatic N) is 3. The number of piperidine rings is 1. The second-order valence-electron chi connectivity index (χ2n) is 6.54. The molecule has 4 rings (SSSR count). The summed E-state index contributed by atoms with van der Waals surface area (Å²) in [6, 6.07) is 6.02. The van der Waals surface area contributed by atoms with Crippen LogP contribution in [0.15, 0.2) is 40.4 Å². The van der Waals surface area contributed by atoms with Gasteiger partial charge in [-0.05, 0) is 37.6 Å². The summed E-state index contributed by atoms with van der Waals surface area (Å²) in [6.45, 7) is 3.02. The van der Waals surface area contributed by atoms with E-state index in [2.05, 4.69) is 42.2 Å². The highest BCUT2D eigenvalue weighted by Crippen LogP contribution is 2.35. The average molecular weight is 433 g/mol. The lowest BCUT2D eigenvalue weighted by Gasteiger charge is -2.31. The Morgan fingerprint density at radius 3 is 3.15 bits per heavy atom. The van der Waals surface area contributed by atoms with Gasteiger partial charge in [-0.3, -0.25) is 4.90 Å². The Morgan fingerprint density at radius 2 is 2.35 bits per heavy atom. The second kappa shape index (κ2) is 7.90. The first-order valence-corrected chi connectivity index (χ1v) is 10.4. The first-order valence-electron chi connectivity index (χ1n) is 8.73. The minimum atomic E-state index is 0.488. The maximum Gasteiger partial charge on any atom is 0.129 e. The van der Waals surface area contributed by atoms with E-state index in [9.17, 15) is 0 Å². The number of halogens is 1. The lowest BCUT2D eigenvalue weighted by Crippen LogP contribution is -2.34. The maximum atomic E-state index is 5.49. The van der Waals surface area contributed by atoms with Crippen LogP contribution in [-0.4, -0.2) is 40.1 Å². The van der Waals surface area contributed by atoms with E-state index in [0.717, 1.165) is 51.9 Å². The van der Waals surface area contributed by atoms with E-state index in [4.69, 9.17) is 9.72 Å². The molecular formula is C19H21BrN4OS. The number of thiazole rings is 1. The number of likely N-dealkylation sites (tertiary alicyclic amines) is 1. The Bertz CT molecular complexity index is 864. The van der Waals surface area contributed by atoms with Gasteiger partial charge in [0.15, 0.2) is 0 Å². The van der Waals surface area contributed by atoms with Gasteiger partial charge in [-0.2, -0.15) is 0 Å². The predicted octanol–water partition coefficient (Wildman–Crippen LogP) is 4.68. The van der Waals surface area contributed by atoms with Gasteiger partial charge in [0, 0.05) is 41.3 Å². The van der Waals surface area contributed by atoms with Crippen LogP contribution in [0.2, 0.25) is 0 Å². The van der Waals surface area contributed by atoms with Crippen LogP contribution in [-0.2, 0) is 6.54 Å². The van der Waals surface area contributed by atoms with Crippen LogP contribution < -0.4 is 4.74 Å². The van der Waals surface area contributed by atoms with Gasteiger partial charge in [0.2, 0.25) is 0 Å². The average Bonchev–Trinajstić information content (AvgIpc) is 3.34. The summed E-state index contributed by atoms with van der Waals surface area (Å²) < 4.78 is 6.52. The van der Waals surface area contributed by atoms with Crippen LogP contribution in [0.5, 0.6) is 5.75 Å². The lowest BCUT2D eigenvalue weighted by molar-refractivity contribution is 0.195. The molecule has 0 bridgehead atoms. The molecule has 1 aromatic carbocycles. The number of aromatic amines is 1. The molecule has 1 N–H and O–H groups in total. The molecule has 7 heteroatoms. The SMILES string of the molecule is COc1ccc(Br)cc1-c1nc(CN2CCC[C@@H](c3ncc[nH]3)C2)cs1. The van der Waals surface area contributed by atoms with E-state index in [1.165, 1.54) is 12.8 Å². The first kappa shape index (κ1) is 17.7. The van der Waals surface area contributed by atoms with Gasteiger partial charge >= 0.3 is 0 Å². The van der Waals surface area contributed by atoms with Crippen LogP contribution in [0.1, 0.15) is 30.3 Å². The fourth-order valence-electron chi connectivity index (χ4n) is 3.50. The van der Waals surface area contributed by atoms with Crippen molar-refractivity contribution in [2.75, 3.05) is 20.2 Å². The zero-order chi connectivity index (χ0) is 17.9. The lowest BCUT2D eigenvalue weighted by atomic mass is 9.97. The highest BCUT2D eigenvalue weighted by atomic mass is 79.9. The highest BCUT2D eigenvalue weighted by molar-refractivity contribution is 9.10. The van der Waals surface area contributed by atoms with Crippen molar-refractivity contribution in [3.8, 4) is 16.3 Å². The van der Waals surface area contributed by atoms with E-state index in [1.54, 1.807) is 18.4 Å². The molecular weight excluding hydrogens is 412 g/mol. The summed E-state index contributed by atoms with van der Waals surface area (Å²) in [5, 5.41) is 3.16. The van der Waals surface area contributed by atoms with Crippen molar-refractivity contribution >= 4 is 27.3 Å². The zero-order valence-electron chi connectivity index (χ0n) is 14.6. The first-order chi connectivity index (χ1) is 12.7. The standard InChI is InChI=1S/C19H21BrN4OS/c1-25-17-5-4-14(20)9-16(17)19-23-15(12-26-19)11-24-8-2-3-13(10-24)18-21-6-7-22-18/h4-7,9,12-13H,2-3,8,10-11H2,1H3,(H,21,22)/t13-/m1/s1. The van der Waals surface area contributed by atoms with Crippen molar-refractivity contribution in [3.05, 3.63) is 52.0 Å². The molecule has 0 spiro atoms. The molecule has 26 heavy (non-hydrogen) atoms. The molecule has 3 heterocycles. The number of benzene rings is 1. The van der Waals surface area contributed by atoms with Crippen LogP contribution >= 0.6 is 27.3 Å². The highest BCUT2D eigenvalue weighted by Gasteiger charge is 2.23. The Hall–Kier alpha value is -1.70. The predicted molar refractivity (Wildman–Crippen MR) is 108 cm³/mol. The molecule has 0 aliphatic carbocycles. The van der Waals surface area contributed by atoms with Gasteiger partial charge in [-0.25, -0.2) is 9.97 Å². The third kappa shape index (κ3) is 3.84. The van der Waals surface area contributed by atoms with E-state index < -0.39 is 0 Å². The van der Waals surface area contributed by atoms with Crippen LogP contribution in [0, 0.1) is 0 Å². The van der Waals surface area contributed by atoms with Gasteiger partial charge in [0.05, 0.1) is 18.4 Å². The van der Waals surface area contributed by atoms with Gasteiger partial charge in [-0.15, -0.1) is 11.3 Å². The van der Waals surface area contributed by atoms with E-state index in [-0.39, 0.29) is 0 Å². The van der Waals surface area contributed by atoms with Crippen molar-refractivity contribution in [3.63, 3.8) is 0 Å². The Morgan fingerprint density at radius 1 is 1.42 bits per heavy atom. The van der Waals surface area contributed by atoms with E-state index in [0.29, 0.717) is 5.92 Å². The minimum Gasteiger partial charge on any atom is -0.496 e.